The van der Waals surface area contributed by atoms with Crippen molar-refractivity contribution in [2.24, 2.45) is 17.6 Å². The summed E-state index contributed by atoms with van der Waals surface area (Å²) in [6, 6.07) is 5.28. The van der Waals surface area contributed by atoms with Crippen LogP contribution >= 0.6 is 0 Å². The van der Waals surface area contributed by atoms with E-state index in [1.54, 1.807) is 26.0 Å². The fourth-order valence-electron chi connectivity index (χ4n) is 3.00. The number of carbonyl (C=O) groups excluding carboxylic acids is 3. The SMILES string of the molecule is CC(C)C[C@H](NC(=O)[C@H](Cc1ccccc1)NC(=O)[C@H](C)NC(=O)[C@@H](N)C(C)C)C(=O)O. The Balaban J connectivity index is 2.95. The van der Waals surface area contributed by atoms with Gasteiger partial charge in [-0.2, -0.15) is 0 Å². The maximum atomic E-state index is 12.9. The molecule has 9 nitrogen and oxygen atoms in total. The largest absolute Gasteiger partial charge is 0.480 e. The van der Waals surface area contributed by atoms with Gasteiger partial charge >= 0.3 is 5.97 Å². The molecule has 1 rings (SSSR count). The summed E-state index contributed by atoms with van der Waals surface area (Å²) in [4.78, 5) is 49.4. The number of hydrogen-bond acceptors (Lipinski definition) is 5. The molecule has 0 fully saturated rings. The zero-order valence-electron chi connectivity index (χ0n) is 19.4. The topological polar surface area (TPSA) is 151 Å². The highest BCUT2D eigenvalue weighted by atomic mass is 16.4. The second-order valence-corrected chi connectivity index (χ2v) is 8.78. The van der Waals surface area contributed by atoms with Crippen LogP contribution in [0.4, 0.5) is 0 Å². The lowest BCUT2D eigenvalue weighted by molar-refractivity contribution is -0.142. The third kappa shape index (κ3) is 9.05. The van der Waals surface area contributed by atoms with Crippen molar-refractivity contribution in [2.45, 2.75) is 71.6 Å². The summed E-state index contributed by atoms with van der Waals surface area (Å²) in [6.07, 6.45) is 0.422. The van der Waals surface area contributed by atoms with Crippen molar-refractivity contribution in [1.82, 2.24) is 16.0 Å². The highest BCUT2D eigenvalue weighted by molar-refractivity contribution is 5.94. The van der Waals surface area contributed by atoms with E-state index in [-0.39, 0.29) is 24.7 Å². The van der Waals surface area contributed by atoms with E-state index in [1.165, 1.54) is 6.92 Å². The molecular weight excluding hydrogens is 412 g/mol. The Morgan fingerprint density at radius 2 is 1.41 bits per heavy atom. The van der Waals surface area contributed by atoms with Crippen molar-refractivity contribution in [3.05, 3.63) is 35.9 Å². The standard InChI is InChI=1S/C23H36N4O5/c1-13(2)11-18(23(31)32)27-21(29)17(12-16-9-7-6-8-10-16)26-20(28)15(5)25-22(30)19(24)14(3)4/h6-10,13-15,17-19H,11-12,24H2,1-5H3,(H,25,30)(H,26,28)(H,27,29)(H,31,32)/t15-,17-,18-,19-/m0/s1. The van der Waals surface area contributed by atoms with Gasteiger partial charge in [0.25, 0.3) is 0 Å². The predicted octanol–water partition coefficient (Wildman–Crippen LogP) is 0.817. The van der Waals surface area contributed by atoms with Crippen molar-refractivity contribution in [3.8, 4) is 0 Å². The minimum atomic E-state index is -1.14. The number of rotatable bonds is 12. The van der Waals surface area contributed by atoms with Crippen LogP contribution in [0.25, 0.3) is 0 Å². The van der Waals surface area contributed by atoms with Crippen LogP contribution in [0.15, 0.2) is 30.3 Å². The Labute approximate surface area is 189 Å². The molecule has 178 valence electrons. The molecule has 0 aliphatic rings. The molecule has 0 bridgehead atoms. The third-order valence-corrected chi connectivity index (χ3v) is 5.01. The molecule has 0 aliphatic heterocycles. The van der Waals surface area contributed by atoms with Gasteiger partial charge in [-0.1, -0.05) is 58.0 Å². The molecule has 0 aliphatic carbocycles. The van der Waals surface area contributed by atoms with Crippen LogP contribution < -0.4 is 21.7 Å². The zero-order valence-corrected chi connectivity index (χ0v) is 19.4. The molecule has 0 heterocycles. The third-order valence-electron chi connectivity index (χ3n) is 5.01. The number of amides is 3. The lowest BCUT2D eigenvalue weighted by Crippen LogP contribution is -2.57. The first-order valence-electron chi connectivity index (χ1n) is 10.9. The maximum Gasteiger partial charge on any atom is 0.326 e. The molecule has 0 saturated carbocycles. The molecule has 6 N–H and O–H groups in total. The number of hydrogen-bond donors (Lipinski definition) is 5. The molecule has 0 unspecified atom stereocenters. The monoisotopic (exact) mass is 448 g/mol. The minimum absolute atomic E-state index is 0.0546. The maximum absolute atomic E-state index is 12.9. The first-order valence-corrected chi connectivity index (χ1v) is 10.9. The molecule has 1 aromatic rings. The van der Waals surface area contributed by atoms with Crippen LogP contribution in [0.2, 0.25) is 0 Å². The number of aliphatic carboxylic acids is 1. The molecule has 9 heteroatoms. The van der Waals surface area contributed by atoms with E-state index < -0.39 is 47.9 Å². The van der Waals surface area contributed by atoms with Gasteiger partial charge in [0.05, 0.1) is 6.04 Å². The molecular formula is C23H36N4O5. The molecule has 0 saturated heterocycles. The van der Waals surface area contributed by atoms with Crippen molar-refractivity contribution in [2.75, 3.05) is 0 Å². The van der Waals surface area contributed by atoms with Crippen LogP contribution in [0.1, 0.15) is 46.6 Å². The van der Waals surface area contributed by atoms with Gasteiger partial charge in [0.1, 0.15) is 18.1 Å². The fraction of sp³-hybridized carbons (Fsp3) is 0.565. The summed E-state index contributed by atoms with van der Waals surface area (Å²) < 4.78 is 0. The van der Waals surface area contributed by atoms with E-state index >= 15 is 0 Å². The smallest absolute Gasteiger partial charge is 0.326 e. The van der Waals surface area contributed by atoms with Crippen molar-refractivity contribution >= 4 is 23.7 Å². The van der Waals surface area contributed by atoms with Gasteiger partial charge in [-0.25, -0.2) is 4.79 Å². The quantitative estimate of drug-likeness (QED) is 0.319. The van der Waals surface area contributed by atoms with Gasteiger partial charge in [0, 0.05) is 6.42 Å². The first kappa shape index (κ1) is 27.1. The fourth-order valence-corrected chi connectivity index (χ4v) is 3.00. The Kier molecular flexibility index (Phi) is 10.8. The Morgan fingerprint density at radius 1 is 0.844 bits per heavy atom. The molecule has 32 heavy (non-hydrogen) atoms. The summed E-state index contributed by atoms with van der Waals surface area (Å²) >= 11 is 0. The second-order valence-electron chi connectivity index (χ2n) is 8.78. The highest BCUT2D eigenvalue weighted by Gasteiger charge is 2.29. The number of carboxylic acids is 1. The number of carboxylic acid groups (broad SMARTS) is 1. The summed E-state index contributed by atoms with van der Waals surface area (Å²) in [7, 11) is 0. The normalized spacial score (nSPS) is 14.9. The van der Waals surface area contributed by atoms with Crippen LogP contribution in [0, 0.1) is 11.8 Å². The van der Waals surface area contributed by atoms with Crippen LogP contribution in [0.3, 0.4) is 0 Å². The molecule has 0 radical (unpaired) electrons. The Bertz CT molecular complexity index is 782. The molecule has 4 atom stereocenters. The van der Waals surface area contributed by atoms with Crippen molar-refractivity contribution < 1.29 is 24.3 Å². The van der Waals surface area contributed by atoms with Gasteiger partial charge < -0.3 is 26.8 Å². The number of nitrogens with one attached hydrogen (secondary N) is 3. The molecule has 1 aromatic carbocycles. The first-order chi connectivity index (χ1) is 14.9. The lowest BCUT2D eigenvalue weighted by atomic mass is 10.0. The molecule has 3 amide bonds. The lowest BCUT2D eigenvalue weighted by Gasteiger charge is -2.24. The van der Waals surface area contributed by atoms with Crippen molar-refractivity contribution in [1.29, 1.82) is 0 Å². The number of carbonyl (C=O) groups is 4. The number of benzene rings is 1. The summed E-state index contributed by atoms with van der Waals surface area (Å²) in [5, 5.41) is 17.2. The van der Waals surface area contributed by atoms with Gasteiger partial charge in [-0.3, -0.25) is 14.4 Å². The molecule has 0 spiro atoms. The van der Waals surface area contributed by atoms with E-state index in [9.17, 15) is 24.3 Å². The van der Waals surface area contributed by atoms with E-state index in [4.69, 9.17) is 5.73 Å². The Morgan fingerprint density at radius 3 is 1.91 bits per heavy atom. The van der Waals surface area contributed by atoms with Crippen LogP contribution in [0.5, 0.6) is 0 Å². The minimum Gasteiger partial charge on any atom is -0.480 e. The number of nitrogens with two attached hydrogens (primary N) is 1. The van der Waals surface area contributed by atoms with Gasteiger partial charge in [0.15, 0.2) is 0 Å². The van der Waals surface area contributed by atoms with Crippen LogP contribution in [-0.4, -0.2) is 53.0 Å². The molecule has 0 aromatic heterocycles. The highest BCUT2D eigenvalue weighted by Crippen LogP contribution is 2.08. The predicted molar refractivity (Wildman–Crippen MR) is 122 cm³/mol. The second kappa shape index (κ2) is 12.8. The average Bonchev–Trinajstić information content (AvgIpc) is 2.72. The average molecular weight is 449 g/mol. The summed E-state index contributed by atoms with van der Waals surface area (Å²) in [6.45, 7) is 8.81. The van der Waals surface area contributed by atoms with E-state index in [1.807, 2.05) is 32.0 Å². The van der Waals surface area contributed by atoms with E-state index in [2.05, 4.69) is 16.0 Å². The summed E-state index contributed by atoms with van der Waals surface area (Å²) in [5.41, 5.74) is 6.61. The van der Waals surface area contributed by atoms with Gasteiger partial charge in [-0.15, -0.1) is 0 Å². The van der Waals surface area contributed by atoms with Gasteiger partial charge in [0.2, 0.25) is 17.7 Å². The Hall–Kier alpha value is -2.94. The van der Waals surface area contributed by atoms with E-state index in [0.717, 1.165) is 5.56 Å². The van der Waals surface area contributed by atoms with E-state index in [0.29, 0.717) is 0 Å². The summed E-state index contributed by atoms with van der Waals surface area (Å²) in [5.74, 6) is -2.82. The van der Waals surface area contributed by atoms with Crippen molar-refractivity contribution in [3.63, 3.8) is 0 Å². The zero-order chi connectivity index (χ0) is 24.4. The van der Waals surface area contributed by atoms with Gasteiger partial charge in [-0.05, 0) is 30.7 Å². The van der Waals surface area contributed by atoms with Crippen LogP contribution in [-0.2, 0) is 25.6 Å².